The predicted octanol–water partition coefficient (Wildman–Crippen LogP) is 28.6. The number of hydrazine groups is 1. The third kappa shape index (κ3) is 33.0. The summed E-state index contributed by atoms with van der Waals surface area (Å²) in [4.78, 5) is 25.4. The first kappa shape index (κ1) is 124. The molecule has 3 saturated heterocycles. The van der Waals surface area contributed by atoms with E-state index in [1.807, 2.05) is 109 Å². The molecule has 0 bridgehead atoms. The Labute approximate surface area is 910 Å². The van der Waals surface area contributed by atoms with Crippen LogP contribution in [0, 0.1) is 6.65 Å². The zero-order chi connectivity index (χ0) is 109. The van der Waals surface area contributed by atoms with Crippen LogP contribution in [-0.2, 0) is 46.9 Å². The van der Waals surface area contributed by atoms with Gasteiger partial charge in [-0.15, -0.1) is 12.4 Å². The second-order valence-corrected chi connectivity index (χ2v) is 66.8. The van der Waals surface area contributed by atoms with Crippen LogP contribution < -0.4 is 60.4 Å². The third-order valence-corrected chi connectivity index (χ3v) is 46.4. The summed E-state index contributed by atoms with van der Waals surface area (Å²) in [5.74, 6) is 11.0. The molecule has 0 saturated carbocycles. The Kier molecular flexibility index (Phi) is 43.6. The number of halogens is 8. The molecule has 12 N–H and O–H groups in total. The summed E-state index contributed by atoms with van der Waals surface area (Å²) in [6.07, 6.45) is 0.620. The number of nitrogens with zero attached hydrogens (tertiary/aromatic N) is 8. The van der Waals surface area contributed by atoms with Gasteiger partial charge in [0.15, 0.2) is 7.38 Å². The van der Waals surface area contributed by atoms with Gasteiger partial charge in [0.2, 0.25) is 0 Å². The second kappa shape index (κ2) is 51.7. The van der Waals surface area contributed by atoms with E-state index in [1.54, 1.807) is 98.4 Å². The van der Waals surface area contributed by atoms with Crippen LogP contribution in [0.25, 0.3) is 22.7 Å². The molecule has 0 atom stereocenters. The number of nitrogens with one attached hydrogen (secondary N) is 3. The molecule has 0 unspecified atom stereocenters. The molecule has 3 aliphatic heterocycles. The van der Waals surface area contributed by atoms with Gasteiger partial charge in [-0.05, 0) is 227 Å². The van der Waals surface area contributed by atoms with Gasteiger partial charge in [0.25, 0.3) is 25.0 Å². The predicted molar refractivity (Wildman–Crippen MR) is 607 cm³/mol. The number of aromatic hydroxyl groups is 2. The summed E-state index contributed by atoms with van der Waals surface area (Å²) < 4.78 is 64.7. The average Bonchev–Trinajstić information content (AvgIpc) is 1.59. The van der Waals surface area contributed by atoms with E-state index in [0.29, 0.717) is 129 Å². The first-order valence-corrected chi connectivity index (χ1v) is 62.4. The van der Waals surface area contributed by atoms with Crippen LogP contribution >= 0.6 is 93.4 Å². The van der Waals surface area contributed by atoms with E-state index in [2.05, 4.69) is 207 Å². The third-order valence-electron chi connectivity index (χ3n) is 26.4. The number of nitrogens with two attached hydrogens (primary N) is 3. The van der Waals surface area contributed by atoms with Crippen LogP contribution in [0.1, 0.15) is 159 Å². The molecule has 7 heterocycles. The van der Waals surface area contributed by atoms with Gasteiger partial charge in [-0.25, -0.2) is 28.3 Å². The summed E-state index contributed by atoms with van der Waals surface area (Å²) in [6, 6.07) is 59.1. The number of benzene rings is 8. The Bertz CT molecular complexity index is 6360. The maximum absolute atomic E-state index is 12.8. The number of aromatic nitrogens is 8. The van der Waals surface area contributed by atoms with E-state index in [0.717, 1.165) is 58.2 Å². The van der Waals surface area contributed by atoms with Crippen LogP contribution in [0.15, 0.2) is 200 Å². The first-order chi connectivity index (χ1) is 67.9. The molecule has 4 aliphatic rings. The molecule has 12 aromatic rings. The van der Waals surface area contributed by atoms with Gasteiger partial charge in [-0.3, -0.25) is 16.5 Å². The number of ether oxygens (including phenoxy) is 5. The molecule has 3 fully saturated rings. The molecule has 147 heavy (non-hydrogen) atoms. The molecular formula is C106H142Cl8N14O15Si4. The summed E-state index contributed by atoms with van der Waals surface area (Å²) in [5, 5.41) is 53.3. The van der Waals surface area contributed by atoms with Crippen molar-refractivity contribution in [1.82, 2.24) is 39.1 Å². The Hall–Kier alpha value is -9.93. The number of nitrogen functional groups attached to an aromatic ring is 3. The van der Waals surface area contributed by atoms with Crippen LogP contribution in [0.4, 0.5) is 38.5 Å². The van der Waals surface area contributed by atoms with E-state index in [4.69, 9.17) is 160 Å². The Balaban J connectivity index is 0.000000244. The molecule has 0 spiro atoms. The zero-order valence-electron chi connectivity index (χ0n) is 88.5. The Morgan fingerprint density at radius 3 is 1.08 bits per heavy atom. The molecule has 8 aromatic carbocycles. The summed E-state index contributed by atoms with van der Waals surface area (Å²) in [5.41, 5.74) is 22.5. The monoisotopic (exact) mass is 2240 g/mol. The van der Waals surface area contributed by atoms with E-state index in [1.165, 1.54) is 18.2 Å². The molecule has 2 amide bonds. The molecule has 4 aromatic heterocycles. The number of amides is 2. The quantitative estimate of drug-likeness (QED) is 0.00690. The standard InChI is InChI=1S/C27H34ClN3O3Si.C26H32ClN3O4Si.C19H28ClN3O2Si.C13H14ClN3O2.C6H7ClN2O.C6H5ClO.C6H15ClSi.C2H6O.CO.ClH/c1-26(2,3)35(6,7)34-22-14-13-18(17-21(22)28)31-24(20-15-16-27(4,5)23(20)30-31)29-25(32)33-19-11-9-8-10-12-19;1-25(2,3)35(5,6)34-21-13-12-18(14-20(21)27)30-23(15-22(29-30)26(4)16-32-17-26)28-24(31)33-19-10-8-7-9-11-19;1-18(2,3)26(5,6)25-15-8-7-13(9-14(15)20)23-17(21)10-16(22-23)19(4)11-24-12-19;1-13(6-19-7-13)11-5-12(15)17(16-11)8-2-3-10(18)9(14)4-8;7-5-3-4(9-8)1-2-6(5)10;7-8-6-4-2-1-3-5-6;1-6(2,3)8(4,5)7;1-2-3;1-2;/h8-14,17H,15-16H2,1-7H3,(H,29,32);7-15H,16-17H2,1-6H3,(H,28,31);7-10H,11-12,21H2,1-6H3;2-5,18H,6-7,15H2,1H3;1-3,9-10H,8H2;1-5H;1-5H3;3H,2H2,1H3;;1H. The van der Waals surface area contributed by atoms with Crippen molar-refractivity contribution in [3.05, 3.63) is 260 Å². The number of aliphatic hydroxyl groups excluding tert-OH is 1. The topological polar surface area (TPSA) is 383 Å². The van der Waals surface area contributed by atoms with E-state index >= 15 is 0 Å². The van der Waals surface area contributed by atoms with Crippen LogP contribution in [0.3, 0.4) is 0 Å². The number of carbonyl (C=O) groups excluding carboxylic acids is 2. The van der Waals surface area contributed by atoms with Crippen LogP contribution in [-0.4, -0.2) is 145 Å². The van der Waals surface area contributed by atoms with Crippen molar-refractivity contribution in [3.8, 4) is 68.7 Å². The van der Waals surface area contributed by atoms with Gasteiger partial charge in [0.05, 0.1) is 132 Å². The fraction of sp³-hybridized carbons (Fsp3) is 0.406. The molecule has 1 aliphatic carbocycles. The van der Waals surface area contributed by atoms with Gasteiger partial charge >= 0.3 is 23.5 Å². The molecule has 29 nitrogen and oxygen atoms in total. The number of carbonyl (C=O) groups is 2. The number of anilines is 5. The van der Waals surface area contributed by atoms with Gasteiger partial charge in [0.1, 0.15) is 81.1 Å². The second-order valence-electron chi connectivity index (χ2n) is 43.2. The first-order valence-electron chi connectivity index (χ1n) is 47.4. The molecule has 16 rings (SSSR count). The Morgan fingerprint density at radius 1 is 0.456 bits per heavy atom. The van der Waals surface area contributed by atoms with Gasteiger partial charge in [-0.1, -0.05) is 223 Å². The zero-order valence-corrected chi connectivity index (χ0v) is 98.6. The number of rotatable bonds is 19. The SMILES string of the molecule is CC(C)(C)[Si](C)(C)Cl.CC1(C)CCc2c1nn(-c1ccc(O[Si](C)(C)C(C)(C)C)c(Cl)c1)c2NC(=O)Oc1ccccc1.CC1(c2cc(N)n(-c3ccc(O)c(Cl)c3)n2)COC1.CC1(c2cc(N)n(-c3ccc(O[Si](C)(C)C(C)(C)C)c(Cl)c3)n2)COC1.CC1(c2cc(NC(=O)Oc3ccccc3)n(-c3ccc(O[Si](C)(C)C(C)(C)C)c(Cl)c3)n2)COC1.CCO.Cl.ClOc1ccccc1.NNc1ccc(O)c(Cl)c1.[C-]#[O+]. The van der Waals surface area contributed by atoms with Crippen molar-refractivity contribution in [2.24, 2.45) is 5.84 Å². The number of phenols is 2. The fourth-order valence-corrected chi connectivity index (χ4v) is 17.5. The van der Waals surface area contributed by atoms with Crippen LogP contribution in [0.5, 0.6) is 46.0 Å². The van der Waals surface area contributed by atoms with E-state index in [-0.39, 0.29) is 77.3 Å². The molecule has 41 heteroatoms. The number of para-hydroxylation sites is 3. The number of phenolic OH excluding ortho intramolecular Hbond substituents is 2. The van der Waals surface area contributed by atoms with Crippen LogP contribution in [0.2, 0.25) is 97.6 Å². The van der Waals surface area contributed by atoms with Crippen molar-refractivity contribution < 1.29 is 70.8 Å². The Morgan fingerprint density at radius 2 is 0.769 bits per heavy atom. The summed E-state index contributed by atoms with van der Waals surface area (Å²) in [6.45, 7) is 64.7. The van der Waals surface area contributed by atoms with Crippen molar-refractivity contribution in [2.75, 3.05) is 73.8 Å². The summed E-state index contributed by atoms with van der Waals surface area (Å²) in [7, 11) is -7.44. The average molecular weight is 2250 g/mol. The normalized spacial score (nSPS) is 14.5. The maximum atomic E-state index is 12.8. The minimum atomic E-state index is -2.06. The van der Waals surface area contributed by atoms with Crippen molar-refractivity contribution in [2.45, 2.75) is 232 Å². The number of hydrogen-bond donors (Lipinski definition) is 9. The van der Waals surface area contributed by atoms with Gasteiger partial charge in [-0.2, -0.15) is 31.5 Å². The molecule has 0 radical (unpaired) electrons. The number of fused-ring (bicyclic) bond motifs is 1. The minimum absolute atomic E-state index is 0. The van der Waals surface area contributed by atoms with Crippen molar-refractivity contribution in [3.63, 3.8) is 0 Å². The number of aliphatic hydroxyl groups is 1. The molecular weight excluding hydrogens is 2110 g/mol. The van der Waals surface area contributed by atoms with Crippen molar-refractivity contribution >= 4 is 167 Å². The fourth-order valence-electron chi connectivity index (χ4n) is 13.1. The molecule has 798 valence electrons. The van der Waals surface area contributed by atoms with Gasteiger partial charge in [0, 0.05) is 35.8 Å². The van der Waals surface area contributed by atoms with E-state index in [9.17, 15) is 14.7 Å². The van der Waals surface area contributed by atoms with E-state index < -0.39 is 44.5 Å². The number of hydrogen-bond acceptors (Lipinski definition) is 22. The summed E-state index contributed by atoms with van der Waals surface area (Å²) >= 11 is 42.5. The van der Waals surface area contributed by atoms with Gasteiger partial charge < -0.3 is 73.5 Å². The van der Waals surface area contributed by atoms with Crippen molar-refractivity contribution in [1.29, 1.82) is 0 Å².